The van der Waals surface area contributed by atoms with Gasteiger partial charge in [-0.1, -0.05) is 23.7 Å². The van der Waals surface area contributed by atoms with Gasteiger partial charge in [0.1, 0.15) is 5.82 Å². The van der Waals surface area contributed by atoms with Crippen LogP contribution in [0.3, 0.4) is 0 Å². The van der Waals surface area contributed by atoms with Crippen LogP contribution in [0.2, 0.25) is 5.02 Å². The van der Waals surface area contributed by atoms with E-state index in [1.165, 1.54) is 5.56 Å². The summed E-state index contributed by atoms with van der Waals surface area (Å²) in [7, 11) is 1.98. The summed E-state index contributed by atoms with van der Waals surface area (Å²) in [4.78, 5) is 4.44. The fourth-order valence-corrected chi connectivity index (χ4v) is 2.55. The van der Waals surface area contributed by atoms with Crippen LogP contribution in [0.1, 0.15) is 29.9 Å². The van der Waals surface area contributed by atoms with Crippen molar-refractivity contribution in [1.82, 2.24) is 14.9 Å². The highest BCUT2D eigenvalue weighted by molar-refractivity contribution is 6.31. The highest BCUT2D eigenvalue weighted by Crippen LogP contribution is 2.26. The van der Waals surface area contributed by atoms with Crippen molar-refractivity contribution in [2.45, 2.75) is 32.9 Å². The van der Waals surface area contributed by atoms with Crippen LogP contribution in [-0.2, 0) is 13.0 Å². The summed E-state index contributed by atoms with van der Waals surface area (Å²) in [6.45, 7) is 5.14. The van der Waals surface area contributed by atoms with E-state index in [1.807, 2.05) is 31.6 Å². The number of nitrogens with one attached hydrogen (secondary N) is 1. The Kier molecular flexibility index (Phi) is 4.61. The summed E-state index contributed by atoms with van der Waals surface area (Å²) in [6, 6.07) is 6.29. The Hall–Kier alpha value is -1.32. The smallest absolute Gasteiger partial charge is 0.110 e. The van der Waals surface area contributed by atoms with Gasteiger partial charge in [0.25, 0.3) is 0 Å². The molecule has 3 nitrogen and oxygen atoms in total. The van der Waals surface area contributed by atoms with Crippen LogP contribution < -0.4 is 5.32 Å². The normalized spacial score (nSPS) is 12.6. The molecule has 1 unspecified atom stereocenters. The van der Waals surface area contributed by atoms with Gasteiger partial charge < -0.3 is 9.88 Å². The number of hydrogen-bond donors (Lipinski definition) is 1. The Bertz CT molecular complexity index is 548. The van der Waals surface area contributed by atoms with Gasteiger partial charge in [0.2, 0.25) is 0 Å². The fourth-order valence-electron chi connectivity index (χ4n) is 2.37. The minimum Gasteiger partial charge on any atom is -0.335 e. The van der Waals surface area contributed by atoms with Crippen LogP contribution in [0, 0.1) is 6.92 Å². The number of likely N-dealkylation sites (N-methyl/N-ethyl adjacent to an activating group) is 1. The third kappa shape index (κ3) is 2.99. The van der Waals surface area contributed by atoms with E-state index >= 15 is 0 Å². The lowest BCUT2D eigenvalue weighted by atomic mass is 9.98. The summed E-state index contributed by atoms with van der Waals surface area (Å²) >= 11 is 6.21. The number of rotatable bonds is 5. The fraction of sp³-hybridized carbons (Fsp3) is 0.400. The van der Waals surface area contributed by atoms with Crippen molar-refractivity contribution in [2.24, 2.45) is 0 Å². The number of halogens is 1. The number of imidazole rings is 1. The van der Waals surface area contributed by atoms with Gasteiger partial charge in [0.05, 0.1) is 0 Å². The van der Waals surface area contributed by atoms with E-state index in [1.54, 1.807) is 0 Å². The second kappa shape index (κ2) is 6.22. The molecule has 0 bridgehead atoms. The molecule has 1 aromatic heterocycles. The third-order valence-corrected chi connectivity index (χ3v) is 3.97. The van der Waals surface area contributed by atoms with E-state index in [2.05, 4.69) is 34.8 Å². The van der Waals surface area contributed by atoms with Crippen molar-refractivity contribution in [3.63, 3.8) is 0 Å². The molecule has 4 heteroatoms. The Labute approximate surface area is 119 Å². The maximum atomic E-state index is 6.21. The highest BCUT2D eigenvalue weighted by atomic mass is 35.5. The topological polar surface area (TPSA) is 29.9 Å². The number of hydrogen-bond acceptors (Lipinski definition) is 2. The molecule has 0 fully saturated rings. The van der Waals surface area contributed by atoms with Crippen LogP contribution in [0.15, 0.2) is 30.6 Å². The van der Waals surface area contributed by atoms with Gasteiger partial charge >= 0.3 is 0 Å². The van der Waals surface area contributed by atoms with Crippen LogP contribution in [0.4, 0.5) is 0 Å². The zero-order valence-electron chi connectivity index (χ0n) is 11.7. The lowest BCUT2D eigenvalue weighted by Gasteiger charge is -2.19. The molecule has 0 aliphatic heterocycles. The monoisotopic (exact) mass is 277 g/mol. The predicted molar refractivity (Wildman–Crippen MR) is 79.6 cm³/mol. The van der Waals surface area contributed by atoms with Crippen molar-refractivity contribution in [1.29, 1.82) is 0 Å². The maximum absolute atomic E-state index is 6.21. The van der Waals surface area contributed by atoms with Gasteiger partial charge in [-0.25, -0.2) is 4.98 Å². The molecule has 0 aliphatic rings. The molecule has 0 amide bonds. The van der Waals surface area contributed by atoms with Crippen LogP contribution in [-0.4, -0.2) is 16.6 Å². The first-order chi connectivity index (χ1) is 9.17. The molecule has 0 spiro atoms. The van der Waals surface area contributed by atoms with E-state index in [9.17, 15) is 0 Å². The van der Waals surface area contributed by atoms with E-state index < -0.39 is 0 Å². The predicted octanol–water partition coefficient (Wildman–Crippen LogP) is 3.37. The Morgan fingerprint density at radius 2 is 2.21 bits per heavy atom. The molecule has 0 saturated heterocycles. The standard InChI is InChI=1S/C15H20ClN3/c1-4-19-9-8-18-15(19)10-14(17-3)12-6-5-7-13(16)11(12)2/h5-9,14,17H,4,10H2,1-3H3. The first-order valence-electron chi connectivity index (χ1n) is 6.59. The number of nitrogens with zero attached hydrogens (tertiary/aromatic N) is 2. The number of aryl methyl sites for hydroxylation is 1. The molecular formula is C15H20ClN3. The van der Waals surface area contributed by atoms with Gasteiger partial charge in [-0.05, 0) is 38.1 Å². The lowest BCUT2D eigenvalue weighted by Crippen LogP contribution is -2.21. The first-order valence-corrected chi connectivity index (χ1v) is 6.97. The molecule has 19 heavy (non-hydrogen) atoms. The Morgan fingerprint density at radius 1 is 1.42 bits per heavy atom. The molecule has 1 N–H and O–H groups in total. The molecule has 0 aliphatic carbocycles. The van der Waals surface area contributed by atoms with Crippen molar-refractivity contribution in [3.05, 3.63) is 52.6 Å². The lowest BCUT2D eigenvalue weighted by molar-refractivity contribution is 0.551. The minimum atomic E-state index is 0.228. The van der Waals surface area contributed by atoms with Gasteiger partial charge in [0, 0.05) is 36.4 Å². The van der Waals surface area contributed by atoms with E-state index in [0.29, 0.717) is 0 Å². The summed E-state index contributed by atoms with van der Waals surface area (Å²) in [6.07, 6.45) is 4.74. The number of benzene rings is 1. The van der Waals surface area contributed by atoms with Gasteiger partial charge in [-0.3, -0.25) is 0 Å². The van der Waals surface area contributed by atoms with E-state index in [0.717, 1.165) is 29.4 Å². The summed E-state index contributed by atoms with van der Waals surface area (Å²) in [5, 5.41) is 4.18. The maximum Gasteiger partial charge on any atom is 0.110 e. The molecule has 0 radical (unpaired) electrons. The first kappa shape index (κ1) is 14.1. The minimum absolute atomic E-state index is 0.228. The quantitative estimate of drug-likeness (QED) is 0.908. The SMILES string of the molecule is CCn1ccnc1CC(NC)c1cccc(Cl)c1C. The van der Waals surface area contributed by atoms with Gasteiger partial charge in [-0.2, -0.15) is 0 Å². The highest BCUT2D eigenvalue weighted by Gasteiger charge is 2.16. The summed E-state index contributed by atoms with van der Waals surface area (Å²) in [5.41, 5.74) is 2.37. The van der Waals surface area contributed by atoms with Gasteiger partial charge in [-0.15, -0.1) is 0 Å². The third-order valence-electron chi connectivity index (χ3n) is 3.56. The average molecular weight is 278 g/mol. The zero-order chi connectivity index (χ0) is 13.8. The molecular weight excluding hydrogens is 258 g/mol. The molecule has 102 valence electrons. The zero-order valence-corrected chi connectivity index (χ0v) is 12.4. The van der Waals surface area contributed by atoms with Crippen LogP contribution in [0.5, 0.6) is 0 Å². The van der Waals surface area contributed by atoms with Gasteiger partial charge in [0.15, 0.2) is 0 Å². The Morgan fingerprint density at radius 3 is 2.89 bits per heavy atom. The second-order valence-electron chi connectivity index (χ2n) is 4.63. The van der Waals surface area contributed by atoms with E-state index in [4.69, 9.17) is 11.6 Å². The number of aromatic nitrogens is 2. The van der Waals surface area contributed by atoms with Crippen molar-refractivity contribution in [3.8, 4) is 0 Å². The molecule has 1 heterocycles. The molecule has 2 rings (SSSR count). The van der Waals surface area contributed by atoms with Crippen LogP contribution >= 0.6 is 11.6 Å². The van der Waals surface area contributed by atoms with E-state index in [-0.39, 0.29) is 6.04 Å². The average Bonchev–Trinajstić information content (AvgIpc) is 2.87. The van der Waals surface area contributed by atoms with Crippen molar-refractivity contribution < 1.29 is 0 Å². The molecule has 1 aromatic carbocycles. The summed E-state index contributed by atoms with van der Waals surface area (Å²) < 4.78 is 2.17. The largest absolute Gasteiger partial charge is 0.335 e. The summed E-state index contributed by atoms with van der Waals surface area (Å²) in [5.74, 6) is 1.10. The molecule has 2 aromatic rings. The second-order valence-corrected chi connectivity index (χ2v) is 5.04. The molecule has 1 atom stereocenters. The Balaban J connectivity index is 2.28. The van der Waals surface area contributed by atoms with Crippen molar-refractivity contribution >= 4 is 11.6 Å². The van der Waals surface area contributed by atoms with Crippen molar-refractivity contribution in [2.75, 3.05) is 7.05 Å². The van der Waals surface area contributed by atoms with Crippen LogP contribution in [0.25, 0.3) is 0 Å². The molecule has 0 saturated carbocycles.